The molecule has 0 heterocycles. The number of nitrogens with one attached hydrogen (secondary N) is 1. The van der Waals surface area contributed by atoms with Crippen LogP contribution in [0.15, 0.2) is 0 Å². The van der Waals surface area contributed by atoms with Gasteiger partial charge in [-0.3, -0.25) is 14.9 Å². The summed E-state index contributed by atoms with van der Waals surface area (Å²) in [5.41, 5.74) is -0.440. The molecule has 3 nitrogen and oxygen atoms in total. The minimum Gasteiger partial charge on any atom is -0.296 e. The Bertz CT molecular complexity index is 249. The molecule has 1 N–H and O–H groups in total. The smallest absolute Gasteiger partial charge is 0.233 e. The maximum Gasteiger partial charge on any atom is 0.233 e. The van der Waals surface area contributed by atoms with Gasteiger partial charge in [0.2, 0.25) is 11.8 Å². The van der Waals surface area contributed by atoms with E-state index in [0.717, 1.165) is 6.42 Å². The van der Waals surface area contributed by atoms with E-state index >= 15 is 0 Å². The molecular weight excluding hydrogens is 202 g/mol. The van der Waals surface area contributed by atoms with Gasteiger partial charge in [0.1, 0.15) is 0 Å². The van der Waals surface area contributed by atoms with Gasteiger partial charge in [-0.15, -0.1) is 0 Å². The van der Waals surface area contributed by atoms with Gasteiger partial charge in [-0.05, 0) is 18.3 Å². The fraction of sp³-hybridized carbons (Fsp3) is 0.846. The van der Waals surface area contributed by atoms with E-state index in [1.807, 2.05) is 34.6 Å². The minimum absolute atomic E-state index is 0.119. The first-order valence-electron chi connectivity index (χ1n) is 6.17. The molecule has 0 aromatic heterocycles. The van der Waals surface area contributed by atoms with Gasteiger partial charge in [-0.2, -0.15) is 0 Å². The maximum atomic E-state index is 12.2. The fourth-order valence-electron chi connectivity index (χ4n) is 2.50. The Morgan fingerprint density at radius 2 is 1.50 bits per heavy atom. The summed E-state index contributed by atoms with van der Waals surface area (Å²) in [6.07, 6.45) is 1.10. The zero-order valence-corrected chi connectivity index (χ0v) is 11.4. The molecule has 0 saturated carbocycles. The Kier molecular flexibility index (Phi) is 5.70. The lowest BCUT2D eigenvalue weighted by Crippen LogP contribution is -2.49. The van der Waals surface area contributed by atoms with Crippen LogP contribution < -0.4 is 5.32 Å². The molecule has 16 heavy (non-hydrogen) atoms. The number of imide groups is 1. The molecule has 0 aliphatic rings. The van der Waals surface area contributed by atoms with E-state index in [2.05, 4.69) is 5.32 Å². The topological polar surface area (TPSA) is 46.2 Å². The van der Waals surface area contributed by atoms with Gasteiger partial charge in [0.25, 0.3) is 0 Å². The molecule has 0 aromatic carbocycles. The van der Waals surface area contributed by atoms with Crippen LogP contribution in [0.3, 0.4) is 0 Å². The molecule has 3 heteroatoms. The second kappa shape index (κ2) is 6.02. The summed E-state index contributed by atoms with van der Waals surface area (Å²) in [5.74, 6) is 0.139. The van der Waals surface area contributed by atoms with Crippen molar-refractivity contribution in [2.45, 2.75) is 54.4 Å². The fourth-order valence-corrected chi connectivity index (χ4v) is 2.50. The molecule has 2 amide bonds. The SMILES string of the molecule is CCC(=O)NC(=O)C(CC)(C(C)C)C(C)C. The molecule has 0 bridgehead atoms. The number of hydrogen-bond donors (Lipinski definition) is 1. The van der Waals surface area contributed by atoms with Gasteiger partial charge in [-0.25, -0.2) is 0 Å². The van der Waals surface area contributed by atoms with Crippen LogP contribution >= 0.6 is 0 Å². The molecule has 0 spiro atoms. The standard InChI is InChI=1S/C13H25NO2/c1-7-11(15)14-12(16)13(8-2,9(3)4)10(5)6/h9-10H,7-8H2,1-6H3,(H,14,15,16). The Hall–Kier alpha value is -0.860. The van der Waals surface area contributed by atoms with E-state index in [1.54, 1.807) is 6.92 Å². The Morgan fingerprint density at radius 1 is 1.06 bits per heavy atom. The first kappa shape index (κ1) is 15.1. The van der Waals surface area contributed by atoms with Crippen LogP contribution in [-0.2, 0) is 9.59 Å². The third-order valence-corrected chi connectivity index (χ3v) is 3.64. The van der Waals surface area contributed by atoms with Crippen molar-refractivity contribution in [3.8, 4) is 0 Å². The van der Waals surface area contributed by atoms with Crippen LogP contribution in [0.5, 0.6) is 0 Å². The second-order valence-corrected chi connectivity index (χ2v) is 4.93. The van der Waals surface area contributed by atoms with Crippen molar-refractivity contribution < 1.29 is 9.59 Å². The van der Waals surface area contributed by atoms with Gasteiger partial charge in [-0.1, -0.05) is 41.5 Å². The normalized spacial score (nSPS) is 12.0. The molecule has 0 rings (SSSR count). The first-order valence-corrected chi connectivity index (χ1v) is 6.17. The van der Waals surface area contributed by atoms with Crippen LogP contribution in [0.4, 0.5) is 0 Å². The lowest BCUT2D eigenvalue weighted by atomic mass is 9.66. The Balaban J connectivity index is 5.03. The first-order chi connectivity index (χ1) is 7.32. The summed E-state index contributed by atoms with van der Waals surface area (Å²) in [6.45, 7) is 11.9. The van der Waals surface area contributed by atoms with Gasteiger partial charge >= 0.3 is 0 Å². The van der Waals surface area contributed by atoms with Crippen molar-refractivity contribution in [1.29, 1.82) is 0 Å². The summed E-state index contributed by atoms with van der Waals surface area (Å²) in [5, 5.41) is 2.51. The van der Waals surface area contributed by atoms with Gasteiger partial charge in [0, 0.05) is 6.42 Å². The number of carbonyl (C=O) groups excluding carboxylic acids is 2. The van der Waals surface area contributed by atoms with Crippen molar-refractivity contribution >= 4 is 11.8 Å². The third kappa shape index (κ3) is 2.83. The van der Waals surface area contributed by atoms with Crippen molar-refractivity contribution in [1.82, 2.24) is 5.32 Å². The molecule has 0 saturated heterocycles. The minimum atomic E-state index is -0.440. The van der Waals surface area contributed by atoms with Crippen LogP contribution in [0.25, 0.3) is 0 Å². The van der Waals surface area contributed by atoms with Gasteiger partial charge in [0.05, 0.1) is 5.41 Å². The highest BCUT2D eigenvalue weighted by Gasteiger charge is 2.43. The van der Waals surface area contributed by atoms with E-state index in [0.29, 0.717) is 6.42 Å². The molecule has 0 fully saturated rings. The number of carbonyl (C=O) groups is 2. The van der Waals surface area contributed by atoms with Crippen LogP contribution in [0, 0.1) is 17.3 Å². The highest BCUT2D eigenvalue weighted by Crippen LogP contribution is 2.39. The Labute approximate surface area is 99.0 Å². The van der Waals surface area contributed by atoms with E-state index in [-0.39, 0.29) is 23.7 Å². The largest absolute Gasteiger partial charge is 0.296 e. The van der Waals surface area contributed by atoms with Gasteiger partial charge < -0.3 is 0 Å². The van der Waals surface area contributed by atoms with Crippen molar-refractivity contribution in [3.05, 3.63) is 0 Å². The average Bonchev–Trinajstić information content (AvgIpc) is 2.18. The van der Waals surface area contributed by atoms with Crippen molar-refractivity contribution in [2.75, 3.05) is 0 Å². The molecule has 0 aromatic rings. The predicted octanol–water partition coefficient (Wildman–Crippen LogP) is 2.75. The zero-order chi connectivity index (χ0) is 12.9. The number of hydrogen-bond acceptors (Lipinski definition) is 2. The average molecular weight is 227 g/mol. The lowest BCUT2D eigenvalue weighted by molar-refractivity contribution is -0.141. The zero-order valence-electron chi connectivity index (χ0n) is 11.4. The molecule has 94 valence electrons. The second-order valence-electron chi connectivity index (χ2n) is 4.93. The molecule has 0 radical (unpaired) electrons. The molecular formula is C13H25NO2. The van der Waals surface area contributed by atoms with Gasteiger partial charge in [0.15, 0.2) is 0 Å². The van der Waals surface area contributed by atoms with Crippen LogP contribution in [0.2, 0.25) is 0 Å². The predicted molar refractivity (Wildman–Crippen MR) is 65.8 cm³/mol. The van der Waals surface area contributed by atoms with E-state index in [4.69, 9.17) is 0 Å². The summed E-state index contributed by atoms with van der Waals surface area (Å²) >= 11 is 0. The Morgan fingerprint density at radius 3 is 1.75 bits per heavy atom. The molecule has 0 aliphatic carbocycles. The van der Waals surface area contributed by atoms with Crippen LogP contribution in [0.1, 0.15) is 54.4 Å². The number of rotatable bonds is 5. The quantitative estimate of drug-likeness (QED) is 0.785. The third-order valence-electron chi connectivity index (χ3n) is 3.64. The van der Waals surface area contributed by atoms with E-state index in [1.165, 1.54) is 0 Å². The molecule has 0 aliphatic heterocycles. The summed E-state index contributed by atoms with van der Waals surface area (Å²) in [4.78, 5) is 23.5. The summed E-state index contributed by atoms with van der Waals surface area (Å²) < 4.78 is 0. The summed E-state index contributed by atoms with van der Waals surface area (Å²) in [6, 6.07) is 0. The van der Waals surface area contributed by atoms with E-state index < -0.39 is 5.41 Å². The highest BCUT2D eigenvalue weighted by atomic mass is 16.2. The highest BCUT2D eigenvalue weighted by molar-refractivity contribution is 5.98. The van der Waals surface area contributed by atoms with Crippen molar-refractivity contribution in [3.63, 3.8) is 0 Å². The monoisotopic (exact) mass is 227 g/mol. The molecule has 0 unspecified atom stereocenters. The molecule has 0 atom stereocenters. The van der Waals surface area contributed by atoms with Crippen LogP contribution in [-0.4, -0.2) is 11.8 Å². The van der Waals surface area contributed by atoms with E-state index in [9.17, 15) is 9.59 Å². The maximum absolute atomic E-state index is 12.2. The lowest BCUT2D eigenvalue weighted by Gasteiger charge is -2.38. The summed E-state index contributed by atoms with van der Waals surface area (Å²) in [7, 11) is 0. The number of amides is 2. The van der Waals surface area contributed by atoms with Crippen molar-refractivity contribution in [2.24, 2.45) is 17.3 Å².